The molecule has 0 atom stereocenters. The number of aromatic amines is 1. The van der Waals surface area contributed by atoms with Crippen LogP contribution in [0.1, 0.15) is 24.5 Å². The van der Waals surface area contributed by atoms with Crippen LogP contribution in [0, 0.1) is 0 Å². The molecule has 0 saturated heterocycles. The highest BCUT2D eigenvalue weighted by atomic mass is 15.1. The van der Waals surface area contributed by atoms with Gasteiger partial charge in [-0.05, 0) is 19.4 Å². The Kier molecular flexibility index (Phi) is 2.37. The Morgan fingerprint density at radius 2 is 2.00 bits per heavy atom. The van der Waals surface area contributed by atoms with E-state index in [1.807, 2.05) is 0 Å². The van der Waals surface area contributed by atoms with Crippen LogP contribution in [0.15, 0.2) is 0 Å². The summed E-state index contributed by atoms with van der Waals surface area (Å²) in [7, 11) is 0. The van der Waals surface area contributed by atoms with Crippen molar-refractivity contribution in [3.8, 4) is 0 Å². The molecule has 0 fully saturated rings. The molecule has 0 amide bonds. The summed E-state index contributed by atoms with van der Waals surface area (Å²) in [5.41, 5.74) is 14.1. The average Bonchev–Trinajstić information content (AvgIpc) is 2.43. The van der Waals surface area contributed by atoms with Crippen LogP contribution < -0.4 is 11.5 Å². The number of nitrogens with zero attached hydrogens (tertiary/aromatic N) is 1. The highest BCUT2D eigenvalue weighted by Crippen LogP contribution is 2.28. The zero-order valence-corrected chi connectivity index (χ0v) is 8.64. The lowest BCUT2D eigenvalue weighted by atomic mass is 10.0. The molecule has 0 saturated carbocycles. The van der Waals surface area contributed by atoms with Crippen LogP contribution in [0.2, 0.25) is 0 Å². The zero-order chi connectivity index (χ0) is 10.1. The van der Waals surface area contributed by atoms with Crippen LogP contribution in [0.5, 0.6) is 0 Å². The molecule has 78 valence electrons. The normalized spacial score (nSPS) is 16.9. The fourth-order valence-corrected chi connectivity index (χ4v) is 2.17. The van der Waals surface area contributed by atoms with Gasteiger partial charge in [0.15, 0.2) is 0 Å². The van der Waals surface area contributed by atoms with Gasteiger partial charge in [0.1, 0.15) is 11.6 Å². The molecule has 4 heteroatoms. The smallest absolute Gasteiger partial charge is 0.107 e. The van der Waals surface area contributed by atoms with Gasteiger partial charge in [-0.1, -0.05) is 6.92 Å². The minimum absolute atomic E-state index is 0.748. The lowest BCUT2D eigenvalue weighted by molar-refractivity contribution is 0.256. The predicted molar refractivity (Wildman–Crippen MR) is 58.9 cm³/mol. The third-order valence-corrected chi connectivity index (χ3v) is 2.88. The zero-order valence-electron chi connectivity index (χ0n) is 8.64. The fraction of sp³-hybridized carbons (Fsp3) is 0.600. The van der Waals surface area contributed by atoms with Crippen molar-refractivity contribution in [2.45, 2.75) is 26.3 Å². The highest BCUT2D eigenvalue weighted by molar-refractivity contribution is 5.59. The molecule has 0 aliphatic carbocycles. The van der Waals surface area contributed by atoms with Crippen molar-refractivity contribution < 1.29 is 0 Å². The van der Waals surface area contributed by atoms with Crippen LogP contribution in [0.4, 0.5) is 11.6 Å². The van der Waals surface area contributed by atoms with E-state index in [2.05, 4.69) is 16.8 Å². The molecule has 4 nitrogen and oxygen atoms in total. The van der Waals surface area contributed by atoms with Crippen LogP contribution >= 0.6 is 0 Å². The van der Waals surface area contributed by atoms with Gasteiger partial charge in [-0.3, -0.25) is 4.90 Å². The van der Waals surface area contributed by atoms with Crippen molar-refractivity contribution in [3.63, 3.8) is 0 Å². The standard InChI is InChI=1S/C10H18N4/c1-2-4-14-5-3-7-8(6-14)10(12)13-9(7)11/h13H,2-6,11-12H2,1H3. The Bertz CT molecular complexity index is 329. The Labute approximate surface area is 84.3 Å². The Morgan fingerprint density at radius 1 is 1.29 bits per heavy atom. The van der Waals surface area contributed by atoms with E-state index in [1.54, 1.807) is 0 Å². The van der Waals surface area contributed by atoms with Gasteiger partial charge < -0.3 is 16.5 Å². The largest absolute Gasteiger partial charge is 0.385 e. The van der Waals surface area contributed by atoms with Crippen molar-refractivity contribution >= 4 is 11.6 Å². The number of nitrogens with two attached hydrogens (primary N) is 2. The van der Waals surface area contributed by atoms with Gasteiger partial charge in [-0.15, -0.1) is 0 Å². The Morgan fingerprint density at radius 3 is 2.71 bits per heavy atom. The van der Waals surface area contributed by atoms with E-state index in [0.717, 1.165) is 37.7 Å². The molecule has 1 aliphatic heterocycles. The molecular weight excluding hydrogens is 176 g/mol. The number of fused-ring (bicyclic) bond motifs is 1. The fourth-order valence-electron chi connectivity index (χ4n) is 2.17. The van der Waals surface area contributed by atoms with E-state index in [1.165, 1.54) is 17.5 Å². The number of rotatable bonds is 2. The topological polar surface area (TPSA) is 71.1 Å². The SMILES string of the molecule is CCCN1CCc2c(N)[nH]c(N)c2C1. The first kappa shape index (κ1) is 9.40. The van der Waals surface area contributed by atoms with Crippen LogP contribution in [-0.2, 0) is 13.0 Å². The maximum Gasteiger partial charge on any atom is 0.107 e. The van der Waals surface area contributed by atoms with Gasteiger partial charge >= 0.3 is 0 Å². The predicted octanol–water partition coefficient (Wildman–Crippen LogP) is 0.947. The summed E-state index contributed by atoms with van der Waals surface area (Å²) in [6.45, 7) is 5.39. The lowest BCUT2D eigenvalue weighted by Gasteiger charge is -2.26. The maximum absolute atomic E-state index is 5.86. The van der Waals surface area contributed by atoms with Crippen molar-refractivity contribution in [1.82, 2.24) is 9.88 Å². The molecule has 1 aliphatic rings. The molecule has 1 aromatic rings. The van der Waals surface area contributed by atoms with Gasteiger partial charge in [-0.25, -0.2) is 0 Å². The van der Waals surface area contributed by atoms with E-state index in [-0.39, 0.29) is 0 Å². The number of nitrogens with one attached hydrogen (secondary N) is 1. The lowest BCUT2D eigenvalue weighted by Crippen LogP contribution is -2.31. The van der Waals surface area contributed by atoms with Crippen molar-refractivity contribution in [2.24, 2.45) is 0 Å². The molecule has 0 aromatic carbocycles. The monoisotopic (exact) mass is 194 g/mol. The molecule has 2 heterocycles. The number of nitrogen functional groups attached to an aromatic ring is 2. The van der Waals surface area contributed by atoms with Crippen LogP contribution in [0.3, 0.4) is 0 Å². The summed E-state index contributed by atoms with van der Waals surface area (Å²) in [6, 6.07) is 0. The van der Waals surface area contributed by atoms with Crippen LogP contribution in [0.25, 0.3) is 0 Å². The Hall–Kier alpha value is -1.16. The molecule has 0 spiro atoms. The van der Waals surface area contributed by atoms with Crippen LogP contribution in [-0.4, -0.2) is 23.0 Å². The van der Waals surface area contributed by atoms with Crippen molar-refractivity contribution in [2.75, 3.05) is 24.6 Å². The first-order valence-corrected chi connectivity index (χ1v) is 5.19. The minimum Gasteiger partial charge on any atom is -0.385 e. The molecule has 0 unspecified atom stereocenters. The molecule has 14 heavy (non-hydrogen) atoms. The number of hydrogen-bond acceptors (Lipinski definition) is 3. The van der Waals surface area contributed by atoms with E-state index in [9.17, 15) is 0 Å². The molecular formula is C10H18N4. The quantitative estimate of drug-likeness (QED) is 0.656. The molecule has 1 aromatic heterocycles. The third-order valence-electron chi connectivity index (χ3n) is 2.88. The summed E-state index contributed by atoms with van der Waals surface area (Å²) < 4.78 is 0. The molecule has 0 bridgehead atoms. The van der Waals surface area contributed by atoms with Gasteiger partial charge in [0.25, 0.3) is 0 Å². The summed E-state index contributed by atoms with van der Waals surface area (Å²) in [5, 5.41) is 0. The summed E-state index contributed by atoms with van der Waals surface area (Å²) in [4.78, 5) is 5.43. The minimum atomic E-state index is 0.748. The first-order chi connectivity index (χ1) is 6.72. The average molecular weight is 194 g/mol. The van der Waals surface area contributed by atoms with E-state index in [0.29, 0.717) is 0 Å². The summed E-state index contributed by atoms with van der Waals surface area (Å²) >= 11 is 0. The second-order valence-electron chi connectivity index (χ2n) is 3.94. The first-order valence-electron chi connectivity index (χ1n) is 5.19. The van der Waals surface area contributed by atoms with E-state index in [4.69, 9.17) is 11.5 Å². The number of aromatic nitrogens is 1. The van der Waals surface area contributed by atoms with E-state index >= 15 is 0 Å². The van der Waals surface area contributed by atoms with E-state index < -0.39 is 0 Å². The van der Waals surface area contributed by atoms with Gasteiger partial charge in [-0.2, -0.15) is 0 Å². The number of hydrogen-bond donors (Lipinski definition) is 3. The number of H-pyrrole nitrogens is 1. The Balaban J connectivity index is 2.21. The second kappa shape index (κ2) is 3.53. The summed E-state index contributed by atoms with van der Waals surface area (Å²) in [6.07, 6.45) is 2.21. The van der Waals surface area contributed by atoms with Crippen molar-refractivity contribution in [1.29, 1.82) is 0 Å². The number of anilines is 2. The molecule has 5 N–H and O–H groups in total. The van der Waals surface area contributed by atoms with Gasteiger partial charge in [0, 0.05) is 24.2 Å². The second-order valence-corrected chi connectivity index (χ2v) is 3.94. The molecule has 2 rings (SSSR count). The highest BCUT2D eigenvalue weighted by Gasteiger charge is 2.21. The third kappa shape index (κ3) is 1.46. The van der Waals surface area contributed by atoms with Crippen molar-refractivity contribution in [3.05, 3.63) is 11.1 Å². The van der Waals surface area contributed by atoms with Gasteiger partial charge in [0.2, 0.25) is 0 Å². The maximum atomic E-state index is 5.86. The van der Waals surface area contributed by atoms with Gasteiger partial charge in [0.05, 0.1) is 0 Å². The molecule has 0 radical (unpaired) electrons. The summed E-state index contributed by atoms with van der Waals surface area (Å²) in [5.74, 6) is 1.51.